The van der Waals surface area contributed by atoms with Crippen molar-refractivity contribution < 1.29 is 15.0 Å². The van der Waals surface area contributed by atoms with Gasteiger partial charge in [-0.3, -0.25) is 4.79 Å². The van der Waals surface area contributed by atoms with Crippen molar-refractivity contribution in [3.8, 4) is 0 Å². The quantitative estimate of drug-likeness (QED) is 0.0422. The Bertz CT molecular complexity index is 829. The normalized spacial score (nSPS) is 12.8. The summed E-state index contributed by atoms with van der Waals surface area (Å²) < 4.78 is 0. The van der Waals surface area contributed by atoms with Crippen molar-refractivity contribution in [2.45, 2.75) is 334 Å². The molecule has 0 spiro atoms. The zero-order valence-electron chi connectivity index (χ0n) is 41.3. The average Bonchev–Trinajstić information content (AvgIpc) is 3.25. The minimum atomic E-state index is -0.834. The maximum Gasteiger partial charge on any atom is 0.220 e. The van der Waals surface area contributed by atoms with E-state index < -0.39 is 12.1 Å². The number of hydrogen-bond donors (Lipinski definition) is 3. The van der Waals surface area contributed by atoms with Crippen LogP contribution in [-0.2, 0) is 4.79 Å². The largest absolute Gasteiger partial charge is 0.394 e. The first-order valence-electron chi connectivity index (χ1n) is 27.9. The summed E-state index contributed by atoms with van der Waals surface area (Å²) in [6.07, 6.45) is 68.1. The number of carbonyl (C=O) groups is 1. The molecule has 0 fully saturated rings. The molecule has 0 aromatic heterocycles. The van der Waals surface area contributed by atoms with E-state index in [4.69, 9.17) is 0 Å². The molecule has 0 saturated heterocycles. The Kier molecular flexibility index (Phi) is 51.7. The number of hydrogen-bond acceptors (Lipinski definition) is 3. The van der Waals surface area contributed by atoms with Crippen LogP contribution in [0.5, 0.6) is 0 Å². The second-order valence-corrected chi connectivity index (χ2v) is 19.4. The fraction of sp³-hybridized carbons (Fsp3) is 0.946. The molecule has 60 heavy (non-hydrogen) atoms. The van der Waals surface area contributed by atoms with Crippen LogP contribution in [0, 0.1) is 0 Å². The first-order valence-corrected chi connectivity index (χ1v) is 27.9. The van der Waals surface area contributed by atoms with E-state index in [1.807, 2.05) is 6.08 Å². The molecule has 2 atom stereocenters. The molecule has 0 aliphatic rings. The fourth-order valence-corrected chi connectivity index (χ4v) is 9.01. The zero-order chi connectivity index (χ0) is 43.5. The van der Waals surface area contributed by atoms with Gasteiger partial charge in [0.1, 0.15) is 0 Å². The van der Waals surface area contributed by atoms with Crippen LogP contribution < -0.4 is 5.32 Å². The highest BCUT2D eigenvalue weighted by Crippen LogP contribution is 2.18. The van der Waals surface area contributed by atoms with Crippen molar-refractivity contribution in [3.05, 3.63) is 12.2 Å². The van der Waals surface area contributed by atoms with Crippen LogP contribution >= 0.6 is 0 Å². The highest BCUT2D eigenvalue weighted by molar-refractivity contribution is 5.76. The molecule has 358 valence electrons. The number of aliphatic hydroxyl groups excluding tert-OH is 2. The summed E-state index contributed by atoms with van der Waals surface area (Å²) in [5, 5.41) is 23.1. The minimum Gasteiger partial charge on any atom is -0.394 e. The highest BCUT2D eigenvalue weighted by atomic mass is 16.3. The van der Waals surface area contributed by atoms with Crippen LogP contribution in [0.1, 0.15) is 322 Å². The molecule has 0 aromatic carbocycles. The van der Waals surface area contributed by atoms with Gasteiger partial charge >= 0.3 is 0 Å². The summed E-state index contributed by atoms with van der Waals surface area (Å²) >= 11 is 0. The number of rotatable bonds is 52. The first kappa shape index (κ1) is 59.1. The summed E-state index contributed by atoms with van der Waals surface area (Å²) in [4.78, 5) is 12.4. The van der Waals surface area contributed by atoms with Gasteiger partial charge in [0.05, 0.1) is 18.8 Å². The van der Waals surface area contributed by atoms with Gasteiger partial charge in [0.2, 0.25) is 5.91 Å². The monoisotopic (exact) mass is 846 g/mol. The molecular formula is C56H111NO3. The molecule has 0 heterocycles. The molecule has 3 N–H and O–H groups in total. The summed E-state index contributed by atoms with van der Waals surface area (Å²) in [5.41, 5.74) is 0. The summed E-state index contributed by atoms with van der Waals surface area (Å²) in [6, 6.07) is -0.617. The van der Waals surface area contributed by atoms with Crippen molar-refractivity contribution in [2.24, 2.45) is 0 Å². The number of amides is 1. The Balaban J connectivity index is 3.40. The van der Waals surface area contributed by atoms with E-state index in [1.54, 1.807) is 6.08 Å². The Morgan fingerprint density at radius 3 is 0.867 bits per heavy atom. The number of nitrogens with one attached hydrogen (secondary N) is 1. The average molecular weight is 847 g/mol. The van der Waals surface area contributed by atoms with Gasteiger partial charge in [-0.05, 0) is 19.3 Å². The van der Waals surface area contributed by atoms with Gasteiger partial charge in [-0.1, -0.05) is 309 Å². The number of unbranched alkanes of at least 4 members (excludes halogenated alkanes) is 45. The molecule has 4 nitrogen and oxygen atoms in total. The van der Waals surface area contributed by atoms with E-state index in [1.165, 1.54) is 276 Å². The molecule has 0 aliphatic heterocycles. The molecule has 0 saturated carbocycles. The third-order valence-electron chi connectivity index (χ3n) is 13.3. The van der Waals surface area contributed by atoms with Crippen molar-refractivity contribution in [1.29, 1.82) is 0 Å². The van der Waals surface area contributed by atoms with E-state index in [0.29, 0.717) is 6.42 Å². The highest BCUT2D eigenvalue weighted by Gasteiger charge is 2.18. The maximum absolute atomic E-state index is 12.4. The lowest BCUT2D eigenvalue weighted by Gasteiger charge is -2.20. The number of aliphatic hydroxyl groups is 2. The molecule has 4 heteroatoms. The van der Waals surface area contributed by atoms with Crippen molar-refractivity contribution in [3.63, 3.8) is 0 Å². The van der Waals surface area contributed by atoms with Crippen LogP contribution in [0.15, 0.2) is 12.2 Å². The Morgan fingerprint density at radius 1 is 0.383 bits per heavy atom. The van der Waals surface area contributed by atoms with Gasteiger partial charge in [0.15, 0.2) is 0 Å². The molecule has 0 aliphatic carbocycles. The second-order valence-electron chi connectivity index (χ2n) is 19.4. The van der Waals surface area contributed by atoms with Crippen LogP contribution in [0.4, 0.5) is 0 Å². The Morgan fingerprint density at radius 2 is 0.617 bits per heavy atom. The molecule has 1 amide bonds. The molecule has 0 bridgehead atoms. The first-order chi connectivity index (χ1) is 29.7. The van der Waals surface area contributed by atoms with E-state index in [9.17, 15) is 15.0 Å². The van der Waals surface area contributed by atoms with E-state index in [0.717, 1.165) is 25.7 Å². The third kappa shape index (κ3) is 48.2. The van der Waals surface area contributed by atoms with Crippen molar-refractivity contribution in [1.82, 2.24) is 5.32 Å². The molecule has 0 unspecified atom stereocenters. The SMILES string of the molecule is CCCCCCCCCCCCCCCC/C=C/[C@@H](O)[C@H](CO)NC(=O)CCCCCCCCCCCCCCCCCCCCCCCCCCCCCCCCCC. The zero-order valence-corrected chi connectivity index (χ0v) is 41.3. The van der Waals surface area contributed by atoms with Gasteiger partial charge in [-0.25, -0.2) is 0 Å². The predicted molar refractivity (Wildman–Crippen MR) is 267 cm³/mol. The second kappa shape index (κ2) is 52.5. The van der Waals surface area contributed by atoms with E-state index in [-0.39, 0.29) is 12.5 Å². The third-order valence-corrected chi connectivity index (χ3v) is 13.3. The summed E-state index contributed by atoms with van der Waals surface area (Å²) in [5.74, 6) is -0.0564. The smallest absolute Gasteiger partial charge is 0.220 e. The molecule has 0 rings (SSSR count). The topological polar surface area (TPSA) is 69.6 Å². The van der Waals surface area contributed by atoms with Crippen LogP contribution in [-0.4, -0.2) is 34.9 Å². The van der Waals surface area contributed by atoms with Gasteiger partial charge in [0, 0.05) is 6.42 Å². The molecular weight excluding hydrogens is 735 g/mol. The number of carbonyl (C=O) groups excluding carboxylic acids is 1. The maximum atomic E-state index is 12.4. The van der Waals surface area contributed by atoms with Gasteiger partial charge < -0.3 is 15.5 Å². The Hall–Kier alpha value is -0.870. The van der Waals surface area contributed by atoms with Crippen molar-refractivity contribution >= 4 is 5.91 Å². The number of allylic oxidation sites excluding steroid dienone is 1. The Labute approximate surface area is 377 Å². The molecule has 0 aromatic rings. The van der Waals surface area contributed by atoms with Gasteiger partial charge in [-0.15, -0.1) is 0 Å². The fourth-order valence-electron chi connectivity index (χ4n) is 9.01. The van der Waals surface area contributed by atoms with Crippen molar-refractivity contribution in [2.75, 3.05) is 6.61 Å². The lowest BCUT2D eigenvalue weighted by Crippen LogP contribution is -2.45. The standard InChI is InChI=1S/C56H111NO3/c1-3-5-7-9-11-13-15-17-19-21-22-23-24-25-26-27-28-29-30-31-32-33-34-35-36-38-40-42-44-46-48-50-52-56(60)57-54(53-58)55(59)51-49-47-45-43-41-39-37-20-18-16-14-12-10-8-6-4-2/h49,51,54-55,58-59H,3-48,50,52-53H2,1-2H3,(H,57,60)/b51-49+/t54-,55+/m0/s1. The van der Waals surface area contributed by atoms with Gasteiger partial charge in [0.25, 0.3) is 0 Å². The van der Waals surface area contributed by atoms with E-state index >= 15 is 0 Å². The van der Waals surface area contributed by atoms with Gasteiger partial charge in [-0.2, -0.15) is 0 Å². The summed E-state index contributed by atoms with van der Waals surface area (Å²) in [7, 11) is 0. The van der Waals surface area contributed by atoms with Crippen LogP contribution in [0.2, 0.25) is 0 Å². The lowest BCUT2D eigenvalue weighted by molar-refractivity contribution is -0.123. The predicted octanol–water partition coefficient (Wildman–Crippen LogP) is 18.1. The van der Waals surface area contributed by atoms with Crippen LogP contribution in [0.3, 0.4) is 0 Å². The lowest BCUT2D eigenvalue weighted by atomic mass is 10.0. The molecule has 0 radical (unpaired) electrons. The minimum absolute atomic E-state index is 0.0564. The van der Waals surface area contributed by atoms with E-state index in [2.05, 4.69) is 19.2 Å². The summed E-state index contributed by atoms with van der Waals surface area (Å²) in [6.45, 7) is 4.34. The van der Waals surface area contributed by atoms with Crippen LogP contribution in [0.25, 0.3) is 0 Å².